The highest BCUT2D eigenvalue weighted by Gasteiger charge is 1.85. The molecule has 0 aliphatic heterocycles. The Morgan fingerprint density at radius 1 is 1.83 bits per heavy atom. The maximum atomic E-state index is 10.5. The van der Waals surface area contributed by atoms with Crippen molar-refractivity contribution in [1.29, 1.82) is 0 Å². The maximum Gasteiger partial charge on any atom is 0.335 e. The second-order valence-electron chi connectivity index (χ2n) is 0.527. The van der Waals surface area contributed by atoms with Gasteiger partial charge < -0.3 is 5.11 Å². The smallest absolute Gasteiger partial charge is 0.335 e. The van der Waals surface area contributed by atoms with E-state index >= 15 is 0 Å². The Labute approximate surface area is 45.1 Å². The van der Waals surface area contributed by atoms with E-state index in [1.165, 1.54) is 0 Å². The SMILES string of the molecule is O=C(O)CF.[AlH3]. The zero-order chi connectivity index (χ0) is 4.28. The number of halogens is 1. The molecule has 0 radical (unpaired) electrons. The standard InChI is InChI=1S/C2H3FO2.Al.3H/c3-1-2(4)5;;;;/h1H2,(H,4,5);;;;. The molecular weight excluding hydrogens is 102 g/mol. The Morgan fingerprint density at radius 2 is 2.00 bits per heavy atom. The van der Waals surface area contributed by atoms with Gasteiger partial charge in [-0.2, -0.15) is 0 Å². The third kappa shape index (κ3) is 9.06. The summed E-state index contributed by atoms with van der Waals surface area (Å²) in [5, 5.41) is 7.35. The molecule has 0 saturated carbocycles. The molecule has 0 aromatic heterocycles. The van der Waals surface area contributed by atoms with Crippen LogP contribution in [-0.4, -0.2) is 35.1 Å². The second kappa shape index (κ2) is 4.93. The minimum absolute atomic E-state index is 0. The van der Waals surface area contributed by atoms with Gasteiger partial charge in [-0.15, -0.1) is 0 Å². The zero-order valence-electron chi connectivity index (χ0n) is 2.44. The molecule has 2 nitrogen and oxygen atoms in total. The van der Waals surface area contributed by atoms with Gasteiger partial charge in [-0.3, -0.25) is 0 Å². The fraction of sp³-hybridized carbons (Fsp3) is 0.500. The molecule has 0 spiro atoms. The molecule has 0 rings (SSSR count). The Hall–Kier alpha value is -0.0675. The summed E-state index contributed by atoms with van der Waals surface area (Å²) in [7, 11) is 0. The lowest BCUT2D eigenvalue weighted by atomic mass is 10.8. The fourth-order valence-electron chi connectivity index (χ4n) is 0. The molecule has 0 fully saturated rings. The molecule has 0 atom stereocenters. The first-order valence-corrected chi connectivity index (χ1v) is 1.05. The first kappa shape index (κ1) is 9.33. The topological polar surface area (TPSA) is 37.3 Å². The first-order chi connectivity index (χ1) is 2.27. The molecule has 0 saturated heterocycles. The van der Waals surface area contributed by atoms with E-state index in [0.29, 0.717) is 0 Å². The Kier molecular flexibility index (Phi) is 7.67. The third-order valence-corrected chi connectivity index (χ3v) is 0.114. The van der Waals surface area contributed by atoms with Crippen LogP contribution in [0.4, 0.5) is 4.39 Å². The average Bonchev–Trinajstić information content (AvgIpc) is 1.38. The van der Waals surface area contributed by atoms with Crippen LogP contribution in [0.5, 0.6) is 0 Å². The van der Waals surface area contributed by atoms with Crippen LogP contribution in [0.25, 0.3) is 0 Å². The summed E-state index contributed by atoms with van der Waals surface area (Å²) in [5.74, 6) is -1.41. The van der Waals surface area contributed by atoms with Gasteiger partial charge in [-0.1, -0.05) is 0 Å². The van der Waals surface area contributed by atoms with Gasteiger partial charge in [0, 0.05) is 0 Å². The highest BCUT2D eigenvalue weighted by atomic mass is 27.0. The summed E-state index contributed by atoms with van der Waals surface area (Å²) in [6.45, 7) is -1.28. The summed E-state index contributed by atoms with van der Waals surface area (Å²) >= 11 is 0. The lowest BCUT2D eigenvalue weighted by molar-refractivity contribution is -0.137. The van der Waals surface area contributed by atoms with E-state index in [4.69, 9.17) is 9.90 Å². The summed E-state index contributed by atoms with van der Waals surface area (Å²) < 4.78 is 10.5. The fourth-order valence-corrected chi connectivity index (χ4v) is 0. The van der Waals surface area contributed by atoms with E-state index in [9.17, 15) is 4.39 Å². The van der Waals surface area contributed by atoms with Gasteiger partial charge >= 0.3 is 5.97 Å². The molecular formula is C2H6AlFO2. The van der Waals surface area contributed by atoms with Crippen molar-refractivity contribution in [2.24, 2.45) is 0 Å². The number of carbonyl (C=O) groups is 1. The van der Waals surface area contributed by atoms with E-state index in [1.807, 2.05) is 0 Å². The molecule has 0 amide bonds. The zero-order valence-corrected chi connectivity index (χ0v) is 2.44. The number of hydrogen-bond donors (Lipinski definition) is 1. The van der Waals surface area contributed by atoms with Crippen molar-refractivity contribution < 1.29 is 14.3 Å². The maximum absolute atomic E-state index is 10.5. The van der Waals surface area contributed by atoms with Crippen molar-refractivity contribution in [1.82, 2.24) is 0 Å². The monoisotopic (exact) mass is 108 g/mol. The Morgan fingerprint density at radius 3 is 2.00 bits per heavy atom. The number of alkyl halides is 1. The summed E-state index contributed by atoms with van der Waals surface area (Å²) in [6.07, 6.45) is 0. The van der Waals surface area contributed by atoms with Crippen LogP contribution in [0.2, 0.25) is 0 Å². The molecule has 0 aliphatic rings. The van der Waals surface area contributed by atoms with Gasteiger partial charge in [0.1, 0.15) is 0 Å². The van der Waals surface area contributed by atoms with Crippen LogP contribution in [0.15, 0.2) is 0 Å². The summed E-state index contributed by atoms with van der Waals surface area (Å²) in [4.78, 5) is 8.99. The Balaban J connectivity index is 0. The normalized spacial score (nSPS) is 6.17. The molecule has 36 valence electrons. The van der Waals surface area contributed by atoms with Gasteiger partial charge in [0.2, 0.25) is 0 Å². The van der Waals surface area contributed by atoms with E-state index < -0.39 is 12.6 Å². The lowest BCUT2D eigenvalue weighted by Gasteiger charge is -1.69. The third-order valence-electron chi connectivity index (χ3n) is 0.114. The number of hydrogen-bond acceptors (Lipinski definition) is 1. The van der Waals surface area contributed by atoms with Gasteiger partial charge in [0.25, 0.3) is 0 Å². The summed E-state index contributed by atoms with van der Waals surface area (Å²) in [6, 6.07) is 0. The van der Waals surface area contributed by atoms with E-state index in [1.54, 1.807) is 0 Å². The van der Waals surface area contributed by atoms with E-state index in [2.05, 4.69) is 0 Å². The molecule has 0 aromatic rings. The van der Waals surface area contributed by atoms with Crippen LogP contribution < -0.4 is 0 Å². The average molecular weight is 108 g/mol. The minimum Gasteiger partial charge on any atom is -0.479 e. The van der Waals surface area contributed by atoms with Crippen molar-refractivity contribution >= 4 is 23.3 Å². The van der Waals surface area contributed by atoms with Crippen LogP contribution in [0.3, 0.4) is 0 Å². The largest absolute Gasteiger partial charge is 0.479 e. The van der Waals surface area contributed by atoms with Crippen LogP contribution >= 0.6 is 0 Å². The predicted molar refractivity (Wildman–Crippen MR) is 23.5 cm³/mol. The molecule has 0 bridgehead atoms. The second-order valence-corrected chi connectivity index (χ2v) is 0.527. The van der Waals surface area contributed by atoms with Gasteiger partial charge in [-0.05, 0) is 0 Å². The van der Waals surface area contributed by atoms with Gasteiger partial charge in [-0.25, -0.2) is 9.18 Å². The van der Waals surface area contributed by atoms with Crippen LogP contribution in [-0.2, 0) is 4.79 Å². The van der Waals surface area contributed by atoms with Crippen molar-refractivity contribution in [3.8, 4) is 0 Å². The Bertz CT molecular complexity index is 46.8. The number of rotatable bonds is 1. The highest BCUT2D eigenvalue weighted by Crippen LogP contribution is 1.60. The molecule has 4 heteroatoms. The lowest BCUT2D eigenvalue weighted by Crippen LogP contribution is -1.93. The van der Waals surface area contributed by atoms with Gasteiger partial charge in [0.15, 0.2) is 24.0 Å². The van der Waals surface area contributed by atoms with E-state index in [-0.39, 0.29) is 17.4 Å². The summed E-state index contributed by atoms with van der Waals surface area (Å²) in [5.41, 5.74) is 0. The van der Waals surface area contributed by atoms with Crippen LogP contribution in [0, 0.1) is 0 Å². The predicted octanol–water partition coefficient (Wildman–Crippen LogP) is -1.14. The van der Waals surface area contributed by atoms with Crippen molar-refractivity contribution in [3.63, 3.8) is 0 Å². The van der Waals surface area contributed by atoms with Crippen LogP contribution in [0.1, 0.15) is 0 Å². The van der Waals surface area contributed by atoms with Crippen molar-refractivity contribution in [2.75, 3.05) is 6.67 Å². The molecule has 0 unspecified atom stereocenters. The number of carboxylic acid groups (broad SMARTS) is 1. The van der Waals surface area contributed by atoms with Crippen molar-refractivity contribution in [2.45, 2.75) is 0 Å². The molecule has 0 aliphatic carbocycles. The molecule has 0 heterocycles. The molecule has 0 aromatic carbocycles. The molecule has 6 heavy (non-hydrogen) atoms. The van der Waals surface area contributed by atoms with E-state index in [0.717, 1.165) is 0 Å². The van der Waals surface area contributed by atoms with Crippen molar-refractivity contribution in [3.05, 3.63) is 0 Å². The minimum atomic E-state index is -1.41. The molecule has 1 N–H and O–H groups in total. The number of aliphatic carboxylic acids is 1. The first-order valence-electron chi connectivity index (χ1n) is 1.05. The highest BCUT2D eigenvalue weighted by molar-refractivity contribution is 5.75. The quantitative estimate of drug-likeness (QED) is 0.431. The number of carboxylic acids is 1. The van der Waals surface area contributed by atoms with Gasteiger partial charge in [0.05, 0.1) is 0 Å².